The molecule has 0 aromatic carbocycles. The van der Waals surface area contributed by atoms with Crippen LogP contribution in [0.4, 0.5) is 0 Å². The second-order valence-electron chi connectivity index (χ2n) is 5.81. The van der Waals surface area contributed by atoms with Gasteiger partial charge in [-0.3, -0.25) is 0 Å². The van der Waals surface area contributed by atoms with E-state index in [4.69, 9.17) is 5.26 Å². The maximum Gasteiger partial charge on any atom is 0.0625 e. The van der Waals surface area contributed by atoms with Crippen molar-refractivity contribution in [1.82, 2.24) is 4.90 Å². The van der Waals surface area contributed by atoms with E-state index in [9.17, 15) is 0 Å². The molecule has 92 valence electrons. The van der Waals surface area contributed by atoms with Gasteiger partial charge in [-0.2, -0.15) is 5.26 Å². The van der Waals surface area contributed by atoms with E-state index >= 15 is 0 Å². The highest BCUT2D eigenvalue weighted by Gasteiger charge is 2.34. The van der Waals surface area contributed by atoms with Crippen LogP contribution in [0.2, 0.25) is 0 Å². The lowest BCUT2D eigenvalue weighted by Gasteiger charge is -2.43. The highest BCUT2D eigenvalue weighted by molar-refractivity contribution is 4.91. The molecule has 16 heavy (non-hydrogen) atoms. The van der Waals surface area contributed by atoms with E-state index in [0.717, 1.165) is 13.0 Å². The van der Waals surface area contributed by atoms with Gasteiger partial charge in [0, 0.05) is 13.0 Å². The van der Waals surface area contributed by atoms with E-state index in [2.05, 4.69) is 31.7 Å². The zero-order valence-electron chi connectivity index (χ0n) is 11.1. The first-order chi connectivity index (χ1) is 7.60. The van der Waals surface area contributed by atoms with Crippen LogP contribution in [0, 0.1) is 22.7 Å². The van der Waals surface area contributed by atoms with Crippen LogP contribution >= 0.6 is 0 Å². The van der Waals surface area contributed by atoms with Crippen LogP contribution in [-0.4, -0.2) is 24.5 Å². The topological polar surface area (TPSA) is 27.0 Å². The van der Waals surface area contributed by atoms with Crippen molar-refractivity contribution in [2.24, 2.45) is 11.3 Å². The van der Waals surface area contributed by atoms with Crippen LogP contribution in [0.5, 0.6) is 0 Å². The van der Waals surface area contributed by atoms with Crippen molar-refractivity contribution in [1.29, 1.82) is 5.26 Å². The maximum atomic E-state index is 8.88. The van der Waals surface area contributed by atoms with Gasteiger partial charge in [0.05, 0.1) is 6.07 Å². The Morgan fingerprint density at radius 1 is 1.38 bits per heavy atom. The van der Waals surface area contributed by atoms with E-state index in [1.165, 1.54) is 38.8 Å². The van der Waals surface area contributed by atoms with Gasteiger partial charge in [-0.05, 0) is 37.3 Å². The number of nitrogens with zero attached hydrogens (tertiary/aromatic N) is 2. The van der Waals surface area contributed by atoms with E-state index in [1.54, 1.807) is 0 Å². The van der Waals surface area contributed by atoms with E-state index in [1.807, 2.05) is 0 Å². The van der Waals surface area contributed by atoms with Crippen LogP contribution in [0.25, 0.3) is 0 Å². The van der Waals surface area contributed by atoms with Crippen molar-refractivity contribution in [3.8, 4) is 6.07 Å². The minimum Gasteiger partial charge on any atom is -0.303 e. The molecule has 0 aliphatic carbocycles. The Morgan fingerprint density at radius 2 is 2.12 bits per heavy atom. The number of hydrogen-bond donors (Lipinski definition) is 0. The molecule has 0 bridgehead atoms. The van der Waals surface area contributed by atoms with Gasteiger partial charge in [-0.25, -0.2) is 0 Å². The van der Waals surface area contributed by atoms with Gasteiger partial charge in [-0.15, -0.1) is 0 Å². The Labute approximate surface area is 101 Å². The summed E-state index contributed by atoms with van der Waals surface area (Å²) in [6, 6.07) is 2.35. The molecular weight excluding hydrogens is 196 g/mol. The van der Waals surface area contributed by atoms with Crippen molar-refractivity contribution in [2.45, 2.75) is 52.9 Å². The average Bonchev–Trinajstić information content (AvgIpc) is 2.23. The van der Waals surface area contributed by atoms with Crippen LogP contribution in [0.3, 0.4) is 0 Å². The molecule has 1 aliphatic heterocycles. The average molecular weight is 222 g/mol. The molecule has 0 aromatic rings. The second kappa shape index (κ2) is 6.25. The molecule has 1 rings (SSSR count). The number of piperidine rings is 1. The molecule has 0 radical (unpaired) electrons. The zero-order valence-corrected chi connectivity index (χ0v) is 11.1. The molecule has 0 aromatic heterocycles. The van der Waals surface area contributed by atoms with Gasteiger partial charge in [0.15, 0.2) is 0 Å². The minimum atomic E-state index is 0.358. The van der Waals surface area contributed by atoms with Crippen LogP contribution in [0.1, 0.15) is 52.9 Å². The number of rotatable bonds is 5. The van der Waals surface area contributed by atoms with Crippen LogP contribution in [0.15, 0.2) is 0 Å². The lowest BCUT2D eigenvalue weighted by Crippen LogP contribution is -2.44. The van der Waals surface area contributed by atoms with Gasteiger partial charge < -0.3 is 4.90 Å². The van der Waals surface area contributed by atoms with Crippen LogP contribution in [-0.2, 0) is 0 Å². The van der Waals surface area contributed by atoms with Crippen molar-refractivity contribution >= 4 is 0 Å². The molecule has 0 saturated carbocycles. The minimum absolute atomic E-state index is 0.358. The third-order valence-electron chi connectivity index (χ3n) is 4.07. The first-order valence-corrected chi connectivity index (χ1v) is 6.69. The molecule has 0 N–H and O–H groups in total. The van der Waals surface area contributed by atoms with Gasteiger partial charge >= 0.3 is 0 Å². The lowest BCUT2D eigenvalue weighted by molar-refractivity contribution is 0.0618. The van der Waals surface area contributed by atoms with Crippen molar-refractivity contribution in [3.63, 3.8) is 0 Å². The van der Waals surface area contributed by atoms with Gasteiger partial charge in [0.2, 0.25) is 0 Å². The summed E-state index contributed by atoms with van der Waals surface area (Å²) >= 11 is 0. The Hall–Kier alpha value is -0.550. The summed E-state index contributed by atoms with van der Waals surface area (Å²) in [4.78, 5) is 2.56. The van der Waals surface area contributed by atoms with E-state index < -0.39 is 0 Å². The fourth-order valence-electron chi connectivity index (χ4n) is 2.54. The highest BCUT2D eigenvalue weighted by Crippen LogP contribution is 2.37. The Balaban J connectivity index is 2.40. The molecule has 2 nitrogen and oxygen atoms in total. The van der Waals surface area contributed by atoms with Gasteiger partial charge in [-0.1, -0.05) is 33.6 Å². The molecule has 0 amide bonds. The smallest absolute Gasteiger partial charge is 0.0625 e. The molecule has 1 aliphatic rings. The Kier molecular flexibility index (Phi) is 5.28. The summed E-state index contributed by atoms with van der Waals surface area (Å²) in [5, 5.41) is 8.88. The third-order valence-corrected chi connectivity index (χ3v) is 4.07. The van der Waals surface area contributed by atoms with Crippen molar-refractivity contribution < 1.29 is 0 Å². The van der Waals surface area contributed by atoms with Crippen molar-refractivity contribution in [2.75, 3.05) is 19.6 Å². The normalized spacial score (nSPS) is 25.2. The molecule has 1 heterocycles. The number of nitriles is 1. The second-order valence-corrected chi connectivity index (χ2v) is 5.81. The van der Waals surface area contributed by atoms with Crippen molar-refractivity contribution in [3.05, 3.63) is 0 Å². The molecule has 1 atom stereocenters. The fourth-order valence-corrected chi connectivity index (χ4v) is 2.54. The summed E-state index contributed by atoms with van der Waals surface area (Å²) in [7, 11) is 0. The fraction of sp³-hybridized carbons (Fsp3) is 0.929. The molecule has 2 heteroatoms. The summed E-state index contributed by atoms with van der Waals surface area (Å²) in [5.74, 6) is 0.563. The van der Waals surface area contributed by atoms with Gasteiger partial charge in [0.25, 0.3) is 0 Å². The predicted octanol–water partition coefficient (Wildman–Crippen LogP) is 3.44. The van der Waals surface area contributed by atoms with E-state index in [-0.39, 0.29) is 0 Å². The summed E-state index contributed by atoms with van der Waals surface area (Å²) in [6.45, 7) is 10.5. The first-order valence-electron chi connectivity index (χ1n) is 6.69. The lowest BCUT2D eigenvalue weighted by atomic mass is 9.72. The number of hydrogen-bond acceptors (Lipinski definition) is 2. The molecule has 1 saturated heterocycles. The zero-order chi connectivity index (χ0) is 12.0. The summed E-state index contributed by atoms with van der Waals surface area (Å²) in [5.41, 5.74) is 0.358. The molecule has 1 fully saturated rings. The largest absolute Gasteiger partial charge is 0.303 e. The Bertz CT molecular complexity index is 240. The predicted molar refractivity (Wildman–Crippen MR) is 68.1 cm³/mol. The highest BCUT2D eigenvalue weighted by atomic mass is 15.1. The molecule has 0 spiro atoms. The number of likely N-dealkylation sites (tertiary alicyclic amines) is 1. The summed E-state index contributed by atoms with van der Waals surface area (Å²) < 4.78 is 0. The quantitative estimate of drug-likeness (QED) is 0.666. The number of unbranched alkanes of at least 4 members (excludes halogenated alkanes) is 2. The maximum absolute atomic E-state index is 8.88. The monoisotopic (exact) mass is 222 g/mol. The molecule has 1 unspecified atom stereocenters. The van der Waals surface area contributed by atoms with E-state index in [0.29, 0.717) is 11.3 Å². The standard InChI is InChI=1S/C14H26N2/c1-4-5-6-10-16-11-8-14(2,3)13(12-16)7-9-15/h13H,4-8,10-12H2,1-3H3. The summed E-state index contributed by atoms with van der Waals surface area (Å²) in [6.07, 6.45) is 5.91. The van der Waals surface area contributed by atoms with Crippen LogP contribution < -0.4 is 0 Å². The van der Waals surface area contributed by atoms with Gasteiger partial charge in [0.1, 0.15) is 0 Å². The molecular formula is C14H26N2. The Morgan fingerprint density at radius 3 is 2.75 bits per heavy atom. The third kappa shape index (κ3) is 3.79. The first kappa shape index (κ1) is 13.5. The SMILES string of the molecule is CCCCCN1CCC(C)(C)C(CC#N)C1.